The van der Waals surface area contributed by atoms with Gasteiger partial charge in [0.2, 0.25) is 5.91 Å². The van der Waals surface area contributed by atoms with Gasteiger partial charge in [-0.05, 0) is 86.3 Å². The molecule has 7 nitrogen and oxygen atoms in total. The van der Waals surface area contributed by atoms with Gasteiger partial charge in [0, 0.05) is 42.7 Å². The van der Waals surface area contributed by atoms with Crippen molar-refractivity contribution in [3.63, 3.8) is 0 Å². The standard InChI is InChI=1S/C35H49F2N3O4/c1-5-14-40(15-6-2)35(44)28-9-7-8-27(20-28)34(43)39-31(19-26-17-29(36)21-30(37)18-26)32(41)16-24(4)33(42)38-22-25-12-10-23(3)11-13-25/h7-9,17-18,20-21,23-25,31-32,41H,5-6,10-16,19,22H2,1-4H3,(H,38,42)(H,39,43). The van der Waals surface area contributed by atoms with E-state index in [1.165, 1.54) is 6.07 Å². The van der Waals surface area contributed by atoms with E-state index in [2.05, 4.69) is 17.6 Å². The van der Waals surface area contributed by atoms with Crippen LogP contribution >= 0.6 is 0 Å². The van der Waals surface area contributed by atoms with Crippen LogP contribution in [0, 0.1) is 29.4 Å². The molecule has 0 radical (unpaired) electrons. The Morgan fingerprint density at radius 2 is 1.57 bits per heavy atom. The van der Waals surface area contributed by atoms with E-state index < -0.39 is 35.6 Å². The molecule has 1 aliphatic carbocycles. The van der Waals surface area contributed by atoms with Crippen LogP contribution in [-0.2, 0) is 11.2 Å². The molecule has 3 rings (SSSR count). The number of aliphatic hydroxyl groups is 1. The predicted molar refractivity (Wildman–Crippen MR) is 168 cm³/mol. The summed E-state index contributed by atoms with van der Waals surface area (Å²) in [4.78, 5) is 41.2. The Bertz CT molecular complexity index is 1220. The highest BCUT2D eigenvalue weighted by Crippen LogP contribution is 2.28. The molecule has 3 unspecified atom stereocenters. The molecule has 3 N–H and O–H groups in total. The summed E-state index contributed by atoms with van der Waals surface area (Å²) in [7, 11) is 0. The maximum absolute atomic E-state index is 14.0. The first-order valence-corrected chi connectivity index (χ1v) is 16.1. The van der Waals surface area contributed by atoms with Gasteiger partial charge < -0.3 is 20.6 Å². The summed E-state index contributed by atoms with van der Waals surface area (Å²) in [6.07, 6.45) is 4.89. The average molecular weight is 614 g/mol. The largest absolute Gasteiger partial charge is 0.391 e. The van der Waals surface area contributed by atoms with E-state index in [0.717, 1.165) is 62.6 Å². The van der Waals surface area contributed by atoms with Gasteiger partial charge in [0.15, 0.2) is 0 Å². The number of benzene rings is 2. The third-order valence-electron chi connectivity index (χ3n) is 8.55. The van der Waals surface area contributed by atoms with E-state index in [1.54, 1.807) is 30.0 Å². The molecule has 0 aromatic heterocycles. The molecule has 0 bridgehead atoms. The minimum absolute atomic E-state index is 0.0395. The van der Waals surface area contributed by atoms with Crippen LogP contribution in [0.1, 0.15) is 98.9 Å². The highest BCUT2D eigenvalue weighted by atomic mass is 19.1. The number of aliphatic hydroxyl groups excluding tert-OH is 1. The van der Waals surface area contributed by atoms with Crippen molar-refractivity contribution < 1.29 is 28.3 Å². The Hall–Kier alpha value is -3.33. The van der Waals surface area contributed by atoms with Gasteiger partial charge in [-0.2, -0.15) is 0 Å². The van der Waals surface area contributed by atoms with Crippen molar-refractivity contribution in [1.29, 1.82) is 0 Å². The first-order chi connectivity index (χ1) is 21.0. The number of halogens is 2. The summed E-state index contributed by atoms with van der Waals surface area (Å²) < 4.78 is 28.0. The third kappa shape index (κ3) is 10.7. The van der Waals surface area contributed by atoms with Crippen molar-refractivity contribution in [2.45, 2.75) is 91.2 Å². The van der Waals surface area contributed by atoms with Crippen LogP contribution in [-0.4, -0.2) is 59.5 Å². The van der Waals surface area contributed by atoms with Crippen LogP contribution in [0.5, 0.6) is 0 Å². The number of hydrogen-bond donors (Lipinski definition) is 3. The molecule has 3 amide bonds. The zero-order valence-corrected chi connectivity index (χ0v) is 26.6. The molecule has 1 saturated carbocycles. The Labute approximate surface area is 260 Å². The topological polar surface area (TPSA) is 98.7 Å². The van der Waals surface area contributed by atoms with Gasteiger partial charge in [-0.25, -0.2) is 8.78 Å². The molecule has 0 saturated heterocycles. The van der Waals surface area contributed by atoms with Crippen molar-refractivity contribution >= 4 is 17.7 Å². The second-order valence-electron chi connectivity index (χ2n) is 12.5. The predicted octanol–water partition coefficient (Wildman–Crippen LogP) is 5.90. The van der Waals surface area contributed by atoms with Crippen LogP contribution in [0.4, 0.5) is 8.78 Å². The van der Waals surface area contributed by atoms with Crippen LogP contribution in [0.2, 0.25) is 0 Å². The van der Waals surface area contributed by atoms with Crippen molar-refractivity contribution in [3.05, 3.63) is 70.8 Å². The van der Waals surface area contributed by atoms with Crippen molar-refractivity contribution in [1.82, 2.24) is 15.5 Å². The molecule has 3 atom stereocenters. The lowest BCUT2D eigenvalue weighted by atomic mass is 9.83. The maximum atomic E-state index is 14.0. The van der Waals surface area contributed by atoms with Gasteiger partial charge in [-0.3, -0.25) is 14.4 Å². The summed E-state index contributed by atoms with van der Waals surface area (Å²) in [5, 5.41) is 17.1. The molecule has 0 spiro atoms. The zero-order chi connectivity index (χ0) is 32.2. The molecule has 1 aliphatic rings. The fourth-order valence-electron chi connectivity index (χ4n) is 5.93. The number of amides is 3. The van der Waals surface area contributed by atoms with Gasteiger partial charge in [-0.1, -0.05) is 46.6 Å². The molecular formula is C35H49F2N3O4. The highest BCUT2D eigenvalue weighted by molar-refractivity contribution is 5.99. The molecular weight excluding hydrogens is 564 g/mol. The number of nitrogens with zero attached hydrogens (tertiary/aromatic N) is 1. The van der Waals surface area contributed by atoms with Gasteiger partial charge in [0.1, 0.15) is 11.6 Å². The summed E-state index contributed by atoms with van der Waals surface area (Å²) in [5.41, 5.74) is 0.856. The molecule has 1 fully saturated rings. The molecule has 0 heterocycles. The summed E-state index contributed by atoms with van der Waals surface area (Å²) in [6.45, 7) is 9.76. The summed E-state index contributed by atoms with van der Waals surface area (Å²) in [5.74, 6) is -1.81. The van der Waals surface area contributed by atoms with Gasteiger partial charge in [-0.15, -0.1) is 0 Å². The van der Waals surface area contributed by atoms with Gasteiger partial charge in [0.25, 0.3) is 11.8 Å². The van der Waals surface area contributed by atoms with E-state index >= 15 is 0 Å². The second kappa shape index (κ2) is 17.2. The van der Waals surface area contributed by atoms with E-state index in [1.807, 2.05) is 13.8 Å². The van der Waals surface area contributed by atoms with E-state index in [4.69, 9.17) is 0 Å². The molecule has 2 aromatic carbocycles. The fraction of sp³-hybridized carbons (Fsp3) is 0.571. The Balaban J connectivity index is 1.73. The van der Waals surface area contributed by atoms with Crippen LogP contribution in [0.25, 0.3) is 0 Å². The highest BCUT2D eigenvalue weighted by Gasteiger charge is 2.28. The number of hydrogen-bond acceptors (Lipinski definition) is 4. The Kier molecular flexibility index (Phi) is 13.8. The van der Waals surface area contributed by atoms with Gasteiger partial charge in [0.05, 0.1) is 12.1 Å². The quantitative estimate of drug-likeness (QED) is 0.233. The van der Waals surface area contributed by atoms with Gasteiger partial charge >= 0.3 is 0 Å². The van der Waals surface area contributed by atoms with Crippen LogP contribution in [0.15, 0.2) is 42.5 Å². The number of rotatable bonds is 15. The minimum Gasteiger partial charge on any atom is -0.391 e. The Morgan fingerprint density at radius 3 is 2.18 bits per heavy atom. The average Bonchev–Trinajstić information content (AvgIpc) is 2.99. The van der Waals surface area contributed by atoms with Crippen LogP contribution < -0.4 is 10.6 Å². The van der Waals surface area contributed by atoms with Crippen molar-refractivity contribution in [2.24, 2.45) is 17.8 Å². The first-order valence-electron chi connectivity index (χ1n) is 16.1. The Morgan fingerprint density at radius 1 is 0.955 bits per heavy atom. The number of carbonyl (C=O) groups is 3. The zero-order valence-electron chi connectivity index (χ0n) is 26.6. The SMILES string of the molecule is CCCN(CCC)C(=O)c1cccc(C(=O)NC(Cc2cc(F)cc(F)c2)C(O)CC(C)C(=O)NCC2CCC(C)CC2)c1. The minimum atomic E-state index is -1.18. The summed E-state index contributed by atoms with van der Waals surface area (Å²) >= 11 is 0. The smallest absolute Gasteiger partial charge is 0.253 e. The van der Waals surface area contributed by atoms with Crippen molar-refractivity contribution in [3.8, 4) is 0 Å². The lowest BCUT2D eigenvalue weighted by molar-refractivity contribution is -0.125. The number of nitrogens with one attached hydrogen (secondary N) is 2. The molecule has 2 aromatic rings. The summed E-state index contributed by atoms with van der Waals surface area (Å²) in [6, 6.07) is 8.51. The fourth-order valence-corrected chi connectivity index (χ4v) is 5.93. The normalized spacial score (nSPS) is 18.6. The van der Waals surface area contributed by atoms with E-state index in [-0.39, 0.29) is 35.8 Å². The second-order valence-corrected chi connectivity index (χ2v) is 12.5. The lowest BCUT2D eigenvalue weighted by Gasteiger charge is -2.28. The molecule has 242 valence electrons. The van der Waals surface area contributed by atoms with E-state index in [9.17, 15) is 28.3 Å². The molecule has 44 heavy (non-hydrogen) atoms. The maximum Gasteiger partial charge on any atom is 0.253 e. The van der Waals surface area contributed by atoms with E-state index in [0.29, 0.717) is 31.1 Å². The first kappa shape index (κ1) is 35.2. The van der Waals surface area contributed by atoms with Crippen molar-refractivity contribution in [2.75, 3.05) is 19.6 Å². The third-order valence-corrected chi connectivity index (χ3v) is 8.55. The molecule has 9 heteroatoms. The van der Waals surface area contributed by atoms with Crippen LogP contribution in [0.3, 0.4) is 0 Å². The lowest BCUT2D eigenvalue weighted by Crippen LogP contribution is -2.46. The molecule has 0 aliphatic heterocycles. The number of carbonyl (C=O) groups excluding carboxylic acids is 3. The monoisotopic (exact) mass is 613 g/mol.